The summed E-state index contributed by atoms with van der Waals surface area (Å²) in [5.41, 5.74) is 9.28. The van der Waals surface area contributed by atoms with E-state index in [-0.39, 0.29) is 37.8 Å². The molecule has 2 fully saturated rings. The van der Waals surface area contributed by atoms with Crippen molar-refractivity contribution in [2.45, 2.75) is 121 Å². The number of hydrogen-bond acceptors (Lipinski definition) is 9. The normalized spacial score (nSPS) is 25.2. The van der Waals surface area contributed by atoms with Crippen molar-refractivity contribution in [1.82, 2.24) is 10.6 Å². The van der Waals surface area contributed by atoms with Crippen molar-refractivity contribution in [2.75, 3.05) is 41.0 Å². The van der Waals surface area contributed by atoms with Gasteiger partial charge >= 0.3 is 5.97 Å². The molecule has 2 unspecified atom stereocenters. The van der Waals surface area contributed by atoms with Gasteiger partial charge in [0.1, 0.15) is 22.8 Å². The van der Waals surface area contributed by atoms with Crippen LogP contribution in [0.5, 0.6) is 17.2 Å². The lowest BCUT2D eigenvalue weighted by Gasteiger charge is -2.38. The van der Waals surface area contributed by atoms with Gasteiger partial charge in [-0.15, -0.1) is 24.8 Å². The molecule has 0 amide bonds. The number of methoxy groups -OCH3 is 3. The number of carbonyl (C=O) groups is 1. The zero-order valence-electron chi connectivity index (χ0n) is 33.6. The van der Waals surface area contributed by atoms with E-state index in [1.165, 1.54) is 72.2 Å². The number of nitrogens with one attached hydrogen (secondary N) is 2. The first kappa shape index (κ1) is 44.7. The molecule has 55 heavy (non-hydrogen) atoms. The van der Waals surface area contributed by atoms with Crippen LogP contribution in [0.25, 0.3) is 0 Å². The molecule has 3 aliphatic carbocycles. The molecule has 2 aliphatic heterocycles. The minimum atomic E-state index is -1.62. The second-order valence-corrected chi connectivity index (χ2v) is 15.4. The van der Waals surface area contributed by atoms with E-state index in [1.54, 1.807) is 34.3 Å². The Labute approximate surface area is 340 Å². The Hall–Kier alpha value is -3.05. The molecule has 2 saturated heterocycles. The predicted molar refractivity (Wildman–Crippen MR) is 222 cm³/mol. The summed E-state index contributed by atoms with van der Waals surface area (Å²) in [6, 6.07) is 14.0. The number of benzene rings is 3. The monoisotopic (exact) mass is 800 g/mol. The average Bonchev–Trinajstić information content (AvgIpc) is 3.84. The van der Waals surface area contributed by atoms with E-state index in [0.717, 1.165) is 47.3 Å². The molecule has 9 nitrogen and oxygen atoms in total. The maximum absolute atomic E-state index is 11.8. The Morgan fingerprint density at radius 3 is 1.58 bits per heavy atom. The van der Waals surface area contributed by atoms with Crippen molar-refractivity contribution in [2.24, 2.45) is 0 Å². The maximum Gasteiger partial charge on any atom is 0.309 e. The van der Waals surface area contributed by atoms with E-state index in [0.29, 0.717) is 36.2 Å². The third-order valence-corrected chi connectivity index (χ3v) is 12.4. The molecule has 0 spiro atoms. The highest BCUT2D eigenvalue weighted by atomic mass is 35.5. The van der Waals surface area contributed by atoms with E-state index in [9.17, 15) is 15.0 Å². The number of aliphatic hydroxyl groups is 2. The molecule has 8 rings (SSSR count). The van der Waals surface area contributed by atoms with Crippen LogP contribution in [0, 0.1) is 20.8 Å². The van der Waals surface area contributed by atoms with Gasteiger partial charge in [-0.2, -0.15) is 0 Å². The summed E-state index contributed by atoms with van der Waals surface area (Å²) in [7, 11) is 5.17. The Morgan fingerprint density at radius 2 is 1.13 bits per heavy atom. The van der Waals surface area contributed by atoms with Gasteiger partial charge in [-0.25, -0.2) is 0 Å². The lowest BCUT2D eigenvalue weighted by molar-refractivity contribution is -0.158. The van der Waals surface area contributed by atoms with Crippen molar-refractivity contribution in [3.8, 4) is 17.2 Å². The Balaban J connectivity index is 0.000000182. The molecule has 2 heterocycles. The average molecular weight is 802 g/mol. The molecular formula is C44H62Cl2N2O7. The SMILES string of the molecule is CCOC(=O)CC1(O)c2ccc(C)c(OC)c2CCC1O.COc1c(C)ccc2c1CC[C@@H]1NCC[C@H]21.COc1c(C)ccc2c1CC[C@H]1NCC[C@@H]21.Cl.Cl. The number of esters is 1. The van der Waals surface area contributed by atoms with E-state index in [1.807, 2.05) is 13.0 Å². The summed E-state index contributed by atoms with van der Waals surface area (Å²) >= 11 is 0. The zero-order chi connectivity index (χ0) is 37.9. The molecule has 0 saturated carbocycles. The van der Waals surface area contributed by atoms with E-state index >= 15 is 0 Å². The molecule has 0 aromatic heterocycles. The number of aliphatic hydroxyl groups excluding tert-OH is 1. The van der Waals surface area contributed by atoms with Crippen LogP contribution < -0.4 is 24.8 Å². The van der Waals surface area contributed by atoms with Crippen LogP contribution in [0.15, 0.2) is 36.4 Å². The number of fused-ring (bicyclic) bond motifs is 7. The van der Waals surface area contributed by atoms with Crippen molar-refractivity contribution in [3.63, 3.8) is 0 Å². The van der Waals surface area contributed by atoms with Crippen LogP contribution >= 0.6 is 24.8 Å². The van der Waals surface area contributed by atoms with Crippen LogP contribution in [-0.2, 0) is 34.4 Å². The summed E-state index contributed by atoms with van der Waals surface area (Å²) < 4.78 is 21.5. The lowest BCUT2D eigenvalue weighted by atomic mass is 9.74. The Kier molecular flexibility index (Phi) is 15.8. The summed E-state index contributed by atoms with van der Waals surface area (Å²) in [6.45, 7) is 10.5. The van der Waals surface area contributed by atoms with Gasteiger partial charge in [0.15, 0.2) is 0 Å². The third-order valence-electron chi connectivity index (χ3n) is 12.4. The molecular weight excluding hydrogens is 739 g/mol. The van der Waals surface area contributed by atoms with Crippen molar-refractivity contribution in [3.05, 3.63) is 86.5 Å². The van der Waals surface area contributed by atoms with E-state index in [2.05, 4.69) is 48.7 Å². The van der Waals surface area contributed by atoms with Gasteiger partial charge in [0.05, 0.1) is 40.5 Å². The highest BCUT2D eigenvalue weighted by Gasteiger charge is 2.45. The van der Waals surface area contributed by atoms with E-state index < -0.39 is 17.7 Å². The predicted octanol–water partition coefficient (Wildman–Crippen LogP) is 7.09. The summed E-state index contributed by atoms with van der Waals surface area (Å²) in [5, 5.41) is 28.3. The standard InChI is InChI=1S/C16H22O5.2C14H19NO.2ClH/c1-4-21-14(18)9-16(19)12-7-5-10(2)15(20-3)11(12)6-8-13(16)17;2*1-9-3-4-10-11-7-8-15-13(11)6-5-12(10)14(9)16-2;;/h5,7,13,17,19H,4,6,8-9H2,1-3H3;2*3-4,11,13,15H,5-8H2,1-2H3;2*1H/t;2*11-,13+;;/m.10../s1. The molecule has 5 aliphatic rings. The zero-order valence-corrected chi connectivity index (χ0v) is 35.2. The number of carbonyl (C=O) groups excluding carboxylic acids is 1. The largest absolute Gasteiger partial charge is 0.496 e. The third kappa shape index (κ3) is 8.93. The van der Waals surface area contributed by atoms with Crippen molar-refractivity contribution < 1.29 is 34.0 Å². The van der Waals surface area contributed by atoms with Gasteiger partial charge in [-0.1, -0.05) is 36.4 Å². The summed E-state index contributed by atoms with van der Waals surface area (Å²) in [6.07, 6.45) is 7.13. The summed E-state index contributed by atoms with van der Waals surface area (Å²) in [5.74, 6) is 3.88. The molecule has 11 heteroatoms. The molecule has 3 aromatic rings. The number of halogens is 2. The van der Waals surface area contributed by atoms with Gasteiger partial charge in [-0.05, 0) is 137 Å². The molecule has 4 N–H and O–H groups in total. The molecule has 304 valence electrons. The number of hydrogen-bond donors (Lipinski definition) is 4. The van der Waals surface area contributed by atoms with Gasteiger partial charge in [0, 0.05) is 29.5 Å². The highest BCUT2D eigenvalue weighted by Crippen LogP contribution is 2.45. The van der Waals surface area contributed by atoms with Crippen LogP contribution in [0.1, 0.15) is 107 Å². The quantitative estimate of drug-likeness (QED) is 0.194. The lowest BCUT2D eigenvalue weighted by Crippen LogP contribution is -2.45. The highest BCUT2D eigenvalue weighted by molar-refractivity contribution is 5.85. The van der Waals surface area contributed by atoms with Crippen molar-refractivity contribution >= 4 is 30.8 Å². The Morgan fingerprint density at radius 1 is 0.691 bits per heavy atom. The molecule has 0 radical (unpaired) electrons. The van der Waals surface area contributed by atoms with Gasteiger partial charge < -0.3 is 39.8 Å². The number of aryl methyl sites for hydroxylation is 3. The number of rotatable bonds is 6. The second kappa shape index (κ2) is 19.4. The fourth-order valence-electron chi connectivity index (χ4n) is 9.81. The van der Waals surface area contributed by atoms with Crippen molar-refractivity contribution in [1.29, 1.82) is 0 Å². The summed E-state index contributed by atoms with van der Waals surface area (Å²) in [4.78, 5) is 11.8. The van der Waals surface area contributed by atoms with Crippen LogP contribution in [0.3, 0.4) is 0 Å². The number of ether oxygens (including phenoxy) is 4. The molecule has 6 atom stereocenters. The Bertz CT molecular complexity index is 1710. The second-order valence-electron chi connectivity index (χ2n) is 15.4. The van der Waals surface area contributed by atoms with Gasteiger partial charge in [0.2, 0.25) is 0 Å². The van der Waals surface area contributed by atoms with Crippen LogP contribution in [0.4, 0.5) is 0 Å². The molecule has 3 aromatic carbocycles. The van der Waals surface area contributed by atoms with Gasteiger partial charge in [-0.3, -0.25) is 4.79 Å². The minimum Gasteiger partial charge on any atom is -0.496 e. The topological polar surface area (TPSA) is 119 Å². The van der Waals surface area contributed by atoms with Crippen LogP contribution in [0.2, 0.25) is 0 Å². The minimum absolute atomic E-state index is 0. The first-order valence-corrected chi connectivity index (χ1v) is 19.6. The molecule has 0 bridgehead atoms. The maximum atomic E-state index is 11.8. The fourth-order valence-corrected chi connectivity index (χ4v) is 9.81. The fraction of sp³-hybridized carbons (Fsp3) is 0.568. The van der Waals surface area contributed by atoms with Gasteiger partial charge in [0.25, 0.3) is 0 Å². The van der Waals surface area contributed by atoms with E-state index in [4.69, 9.17) is 18.9 Å². The first-order chi connectivity index (χ1) is 25.6. The smallest absolute Gasteiger partial charge is 0.309 e. The first-order valence-electron chi connectivity index (χ1n) is 19.6. The van der Waals surface area contributed by atoms with Crippen LogP contribution in [-0.4, -0.2) is 75.4 Å².